The second-order valence-corrected chi connectivity index (χ2v) is 7.26. The summed E-state index contributed by atoms with van der Waals surface area (Å²) in [5, 5.41) is 3.21. The van der Waals surface area contributed by atoms with E-state index in [1.165, 1.54) is 30.7 Å². The summed E-state index contributed by atoms with van der Waals surface area (Å²) in [5.41, 5.74) is 3.29. The van der Waals surface area contributed by atoms with Gasteiger partial charge >= 0.3 is 0 Å². The predicted molar refractivity (Wildman–Crippen MR) is 115 cm³/mol. The van der Waals surface area contributed by atoms with E-state index < -0.39 is 0 Å². The minimum absolute atomic E-state index is 0.210. The fourth-order valence-corrected chi connectivity index (χ4v) is 3.60. The Morgan fingerprint density at radius 2 is 1.91 bits per heavy atom. The molecule has 3 aromatic heterocycles. The highest BCUT2D eigenvalue weighted by atomic mass is 19.1. The van der Waals surface area contributed by atoms with E-state index in [1.807, 2.05) is 12.1 Å². The van der Waals surface area contributed by atoms with Crippen LogP contribution < -0.4 is 5.32 Å². The molecule has 0 saturated heterocycles. The fraction of sp³-hybridized carbons (Fsp3) is 0.130. The van der Waals surface area contributed by atoms with Gasteiger partial charge in [0.1, 0.15) is 17.3 Å². The zero-order valence-corrected chi connectivity index (χ0v) is 16.9. The topological polar surface area (TPSA) is 96.8 Å². The Hall–Kier alpha value is -4.27. The van der Waals surface area contributed by atoms with Gasteiger partial charge in [-0.15, -0.1) is 0 Å². The number of anilines is 2. The third kappa shape index (κ3) is 4.00. The Morgan fingerprint density at radius 3 is 2.69 bits per heavy atom. The van der Waals surface area contributed by atoms with E-state index in [9.17, 15) is 9.18 Å². The summed E-state index contributed by atoms with van der Waals surface area (Å²) in [4.78, 5) is 36.2. The van der Waals surface area contributed by atoms with Gasteiger partial charge in [0.25, 0.3) is 5.91 Å². The highest BCUT2D eigenvalue weighted by molar-refractivity contribution is 5.92. The van der Waals surface area contributed by atoms with Gasteiger partial charge < -0.3 is 10.2 Å². The fourth-order valence-electron chi connectivity index (χ4n) is 3.60. The Kier molecular flexibility index (Phi) is 5.20. The molecule has 0 atom stereocenters. The van der Waals surface area contributed by atoms with E-state index >= 15 is 0 Å². The van der Waals surface area contributed by atoms with Crippen LogP contribution in [0.1, 0.15) is 21.7 Å². The number of pyridine rings is 1. The average molecular weight is 427 g/mol. The first-order valence-corrected chi connectivity index (χ1v) is 10.1. The molecule has 4 aromatic rings. The van der Waals surface area contributed by atoms with Crippen molar-refractivity contribution in [2.45, 2.75) is 13.0 Å². The van der Waals surface area contributed by atoms with Crippen LogP contribution in [0.3, 0.4) is 0 Å². The highest BCUT2D eigenvalue weighted by Crippen LogP contribution is 2.30. The van der Waals surface area contributed by atoms with Crippen LogP contribution in [0.4, 0.5) is 15.9 Å². The molecule has 1 aliphatic rings. The molecule has 0 aliphatic carbocycles. The number of halogens is 1. The quantitative estimate of drug-likeness (QED) is 0.533. The van der Waals surface area contributed by atoms with Crippen molar-refractivity contribution in [3.05, 3.63) is 90.2 Å². The molecule has 0 unspecified atom stereocenters. The maximum atomic E-state index is 13.8. The number of aromatic nitrogens is 5. The van der Waals surface area contributed by atoms with E-state index in [4.69, 9.17) is 9.97 Å². The molecule has 158 valence electrons. The second-order valence-electron chi connectivity index (χ2n) is 7.26. The van der Waals surface area contributed by atoms with Crippen molar-refractivity contribution in [3.8, 4) is 11.4 Å². The van der Waals surface area contributed by atoms with Crippen molar-refractivity contribution >= 4 is 17.4 Å². The summed E-state index contributed by atoms with van der Waals surface area (Å²) in [6.07, 6.45) is 8.38. The molecule has 5 rings (SSSR count). The van der Waals surface area contributed by atoms with Crippen molar-refractivity contribution in [1.29, 1.82) is 0 Å². The lowest BCUT2D eigenvalue weighted by Gasteiger charge is -2.29. The zero-order valence-electron chi connectivity index (χ0n) is 16.9. The normalized spacial score (nSPS) is 12.8. The Labute approximate surface area is 183 Å². The lowest BCUT2D eigenvalue weighted by molar-refractivity contribution is 0.0727. The first-order chi connectivity index (χ1) is 15.7. The smallest absolute Gasteiger partial charge is 0.274 e. The van der Waals surface area contributed by atoms with Crippen LogP contribution in [0.2, 0.25) is 0 Å². The van der Waals surface area contributed by atoms with Crippen molar-refractivity contribution in [2.24, 2.45) is 0 Å². The largest absolute Gasteiger partial charge is 0.340 e. The lowest BCUT2D eigenvalue weighted by Crippen LogP contribution is -2.37. The first kappa shape index (κ1) is 19.7. The van der Waals surface area contributed by atoms with E-state index in [-0.39, 0.29) is 17.4 Å². The van der Waals surface area contributed by atoms with E-state index in [2.05, 4.69) is 20.3 Å². The molecule has 8 nitrogen and oxygen atoms in total. The van der Waals surface area contributed by atoms with Crippen molar-refractivity contribution in [1.82, 2.24) is 29.8 Å². The molecular weight excluding hydrogens is 409 g/mol. The third-order valence-electron chi connectivity index (χ3n) is 5.16. The molecule has 0 spiro atoms. The van der Waals surface area contributed by atoms with Crippen molar-refractivity contribution in [2.75, 3.05) is 11.9 Å². The molecule has 1 N–H and O–H groups in total. The SMILES string of the molecule is O=C(c1cnccn1)N1CCc2nc(-c3ccncc3)nc(Nc3cccc(F)c3)c2C1. The van der Waals surface area contributed by atoms with Crippen LogP contribution in [-0.2, 0) is 13.0 Å². The first-order valence-electron chi connectivity index (χ1n) is 10.1. The summed E-state index contributed by atoms with van der Waals surface area (Å²) < 4.78 is 13.8. The second kappa shape index (κ2) is 8.46. The number of nitrogens with one attached hydrogen (secondary N) is 1. The minimum Gasteiger partial charge on any atom is -0.340 e. The maximum Gasteiger partial charge on any atom is 0.274 e. The molecule has 1 aromatic carbocycles. The Bertz CT molecular complexity index is 1270. The van der Waals surface area contributed by atoms with Crippen LogP contribution in [0.15, 0.2) is 67.4 Å². The van der Waals surface area contributed by atoms with Gasteiger partial charge in [0, 0.05) is 54.6 Å². The summed E-state index contributed by atoms with van der Waals surface area (Å²) in [5.74, 6) is 0.508. The van der Waals surface area contributed by atoms with Crippen LogP contribution in [0, 0.1) is 5.82 Å². The van der Waals surface area contributed by atoms with E-state index in [0.29, 0.717) is 36.8 Å². The molecule has 9 heteroatoms. The number of hydrogen-bond acceptors (Lipinski definition) is 7. The zero-order chi connectivity index (χ0) is 21.9. The van der Waals surface area contributed by atoms with Crippen molar-refractivity contribution < 1.29 is 9.18 Å². The summed E-state index contributed by atoms with van der Waals surface area (Å²) >= 11 is 0. The number of hydrogen-bond donors (Lipinski definition) is 1. The monoisotopic (exact) mass is 427 g/mol. The van der Waals surface area contributed by atoms with Crippen LogP contribution >= 0.6 is 0 Å². The van der Waals surface area contributed by atoms with Gasteiger partial charge in [-0.2, -0.15) is 0 Å². The van der Waals surface area contributed by atoms with Gasteiger partial charge in [-0.3, -0.25) is 14.8 Å². The number of benzene rings is 1. The summed E-state index contributed by atoms with van der Waals surface area (Å²) in [7, 11) is 0. The lowest BCUT2D eigenvalue weighted by atomic mass is 10.0. The van der Waals surface area contributed by atoms with Gasteiger partial charge in [0.2, 0.25) is 0 Å². The highest BCUT2D eigenvalue weighted by Gasteiger charge is 2.27. The molecule has 1 amide bonds. The molecule has 1 aliphatic heterocycles. The standard InChI is InChI=1S/C23H18FN7O/c24-16-2-1-3-17(12-16)28-22-18-14-31(23(32)20-13-26-9-10-27-20)11-6-19(18)29-21(30-22)15-4-7-25-8-5-15/h1-5,7-10,12-13H,6,11,14H2,(H,28,29,30). The van der Waals surface area contributed by atoms with Crippen LogP contribution in [-0.4, -0.2) is 42.3 Å². The molecule has 0 radical (unpaired) electrons. The Balaban J connectivity index is 1.54. The minimum atomic E-state index is -0.355. The van der Waals surface area contributed by atoms with E-state index in [0.717, 1.165) is 16.8 Å². The predicted octanol–water partition coefficient (Wildman–Crippen LogP) is 3.41. The van der Waals surface area contributed by atoms with Crippen LogP contribution in [0.5, 0.6) is 0 Å². The van der Waals surface area contributed by atoms with Gasteiger partial charge in [0.15, 0.2) is 5.82 Å². The number of rotatable bonds is 4. The number of carbonyl (C=O) groups is 1. The third-order valence-corrected chi connectivity index (χ3v) is 5.16. The number of amides is 1. The van der Waals surface area contributed by atoms with Gasteiger partial charge in [-0.05, 0) is 30.3 Å². The summed E-state index contributed by atoms with van der Waals surface area (Å²) in [6, 6.07) is 9.82. The summed E-state index contributed by atoms with van der Waals surface area (Å²) in [6.45, 7) is 0.799. The van der Waals surface area contributed by atoms with E-state index in [1.54, 1.807) is 29.4 Å². The number of nitrogens with zero attached hydrogens (tertiary/aromatic N) is 6. The molecule has 0 saturated carbocycles. The molecular formula is C23H18FN7O. The van der Waals surface area contributed by atoms with Gasteiger partial charge in [0.05, 0.1) is 18.4 Å². The number of fused-ring (bicyclic) bond motifs is 1. The molecule has 32 heavy (non-hydrogen) atoms. The van der Waals surface area contributed by atoms with Crippen molar-refractivity contribution in [3.63, 3.8) is 0 Å². The average Bonchev–Trinajstić information content (AvgIpc) is 2.84. The molecule has 0 bridgehead atoms. The van der Waals surface area contributed by atoms with Gasteiger partial charge in [-0.25, -0.2) is 19.3 Å². The molecule has 0 fully saturated rings. The number of carbonyl (C=O) groups excluding carboxylic acids is 1. The molecule has 4 heterocycles. The van der Waals surface area contributed by atoms with Gasteiger partial charge in [-0.1, -0.05) is 6.07 Å². The Morgan fingerprint density at radius 1 is 1.03 bits per heavy atom. The maximum absolute atomic E-state index is 13.8. The van der Waals surface area contributed by atoms with Crippen LogP contribution in [0.25, 0.3) is 11.4 Å².